The number of hydrogen-bond acceptors (Lipinski definition) is 5. The summed E-state index contributed by atoms with van der Waals surface area (Å²) in [6.45, 7) is 4.42. The first-order chi connectivity index (χ1) is 12.5. The van der Waals surface area contributed by atoms with E-state index in [1.165, 1.54) is 12.1 Å². The molecule has 6 heteroatoms. The van der Waals surface area contributed by atoms with Crippen molar-refractivity contribution in [1.82, 2.24) is 0 Å². The van der Waals surface area contributed by atoms with Crippen LogP contribution in [0.3, 0.4) is 0 Å². The van der Waals surface area contributed by atoms with Crippen molar-refractivity contribution < 1.29 is 14.4 Å². The van der Waals surface area contributed by atoms with Crippen molar-refractivity contribution in [3.05, 3.63) is 63.2 Å². The highest BCUT2D eigenvalue weighted by Gasteiger charge is 2.21. The summed E-state index contributed by atoms with van der Waals surface area (Å²) >= 11 is 0. The van der Waals surface area contributed by atoms with Crippen LogP contribution < -0.4 is 9.47 Å². The van der Waals surface area contributed by atoms with E-state index in [1.807, 2.05) is 26.0 Å². The van der Waals surface area contributed by atoms with Gasteiger partial charge >= 0.3 is 0 Å². The molecule has 6 nitrogen and oxygen atoms in total. The van der Waals surface area contributed by atoms with Crippen LogP contribution in [-0.2, 0) is 6.42 Å². The van der Waals surface area contributed by atoms with Gasteiger partial charge in [-0.05, 0) is 49.8 Å². The van der Waals surface area contributed by atoms with Crippen molar-refractivity contribution in [1.29, 1.82) is 5.26 Å². The Labute approximate surface area is 151 Å². The zero-order valence-corrected chi connectivity index (χ0v) is 14.6. The summed E-state index contributed by atoms with van der Waals surface area (Å²) in [5, 5.41) is 20.3. The van der Waals surface area contributed by atoms with Gasteiger partial charge in [0.1, 0.15) is 17.6 Å². The molecule has 1 aliphatic heterocycles. The molecule has 1 heterocycles. The topological polar surface area (TPSA) is 85.4 Å². The van der Waals surface area contributed by atoms with Crippen molar-refractivity contribution >= 4 is 17.3 Å². The van der Waals surface area contributed by atoms with Crippen molar-refractivity contribution in [3.63, 3.8) is 0 Å². The molecule has 0 fully saturated rings. The number of non-ortho nitro benzene ring substituents is 1. The largest absolute Gasteiger partial charge is 0.493 e. The van der Waals surface area contributed by atoms with E-state index in [0.717, 1.165) is 23.3 Å². The van der Waals surface area contributed by atoms with Gasteiger partial charge in [-0.3, -0.25) is 10.1 Å². The highest BCUT2D eigenvalue weighted by atomic mass is 16.6. The lowest BCUT2D eigenvalue weighted by Gasteiger charge is -2.10. The minimum absolute atomic E-state index is 0.0130. The van der Waals surface area contributed by atoms with Crippen LogP contribution in [0.5, 0.6) is 11.5 Å². The van der Waals surface area contributed by atoms with E-state index in [9.17, 15) is 15.4 Å². The van der Waals surface area contributed by atoms with Crippen LogP contribution in [0.15, 0.2) is 36.4 Å². The summed E-state index contributed by atoms with van der Waals surface area (Å²) in [4.78, 5) is 10.3. The summed E-state index contributed by atoms with van der Waals surface area (Å²) < 4.78 is 11.5. The number of nitro groups is 1. The number of nitriles is 1. The van der Waals surface area contributed by atoms with Gasteiger partial charge in [0.25, 0.3) is 5.69 Å². The Morgan fingerprint density at radius 2 is 2.15 bits per heavy atom. The number of allylic oxidation sites excluding steroid dienone is 1. The second-order valence-corrected chi connectivity index (χ2v) is 6.04. The Morgan fingerprint density at radius 1 is 1.42 bits per heavy atom. The van der Waals surface area contributed by atoms with Gasteiger partial charge in [0.2, 0.25) is 0 Å². The quantitative estimate of drug-likeness (QED) is 0.346. The molecule has 132 valence electrons. The molecular weight excluding hydrogens is 332 g/mol. The number of hydrogen-bond donors (Lipinski definition) is 0. The maximum atomic E-state index is 10.8. The van der Waals surface area contributed by atoms with Crippen LogP contribution >= 0.6 is 0 Å². The van der Waals surface area contributed by atoms with E-state index in [2.05, 4.69) is 6.07 Å². The summed E-state index contributed by atoms with van der Waals surface area (Å²) in [5.74, 6) is 1.49. The molecule has 0 unspecified atom stereocenters. The van der Waals surface area contributed by atoms with E-state index < -0.39 is 4.92 Å². The van der Waals surface area contributed by atoms with E-state index in [-0.39, 0.29) is 11.8 Å². The number of nitro benzene ring substituents is 1. The van der Waals surface area contributed by atoms with Crippen LogP contribution in [0, 0.1) is 21.4 Å². The maximum Gasteiger partial charge on any atom is 0.269 e. The SMILES string of the molecule is CCOc1cc2c(cc1/C=C(\C#N)c1ccc([N+](=O)[O-])cc1)O[C@@H](C)C2. The van der Waals surface area contributed by atoms with E-state index in [1.54, 1.807) is 18.2 Å². The molecule has 0 aliphatic carbocycles. The van der Waals surface area contributed by atoms with Gasteiger partial charge in [-0.25, -0.2) is 0 Å². The molecule has 0 saturated heterocycles. The van der Waals surface area contributed by atoms with Crippen LogP contribution in [0.25, 0.3) is 11.6 Å². The first kappa shape index (κ1) is 17.5. The molecular formula is C20H18N2O4. The smallest absolute Gasteiger partial charge is 0.269 e. The Morgan fingerprint density at radius 3 is 2.77 bits per heavy atom. The number of benzene rings is 2. The second-order valence-electron chi connectivity index (χ2n) is 6.04. The van der Waals surface area contributed by atoms with Gasteiger partial charge in [0.05, 0.1) is 23.2 Å². The number of fused-ring (bicyclic) bond motifs is 1. The molecule has 0 N–H and O–H groups in total. The molecule has 3 rings (SSSR count). The third-order valence-corrected chi connectivity index (χ3v) is 4.14. The minimum Gasteiger partial charge on any atom is -0.493 e. The molecule has 0 radical (unpaired) electrons. The van der Waals surface area contributed by atoms with Gasteiger partial charge in [-0.15, -0.1) is 0 Å². The first-order valence-electron chi connectivity index (χ1n) is 8.34. The van der Waals surface area contributed by atoms with Gasteiger partial charge in [-0.2, -0.15) is 5.26 Å². The highest BCUT2D eigenvalue weighted by molar-refractivity contribution is 5.91. The van der Waals surface area contributed by atoms with Crippen LogP contribution in [0.2, 0.25) is 0 Å². The van der Waals surface area contributed by atoms with Gasteiger partial charge in [0, 0.05) is 29.7 Å². The van der Waals surface area contributed by atoms with Crippen LogP contribution in [-0.4, -0.2) is 17.6 Å². The molecule has 0 saturated carbocycles. The Hall–Kier alpha value is -3.33. The lowest BCUT2D eigenvalue weighted by molar-refractivity contribution is -0.384. The van der Waals surface area contributed by atoms with Crippen molar-refractivity contribution in [2.45, 2.75) is 26.4 Å². The fraction of sp³-hybridized carbons (Fsp3) is 0.250. The van der Waals surface area contributed by atoms with Gasteiger partial charge in [0.15, 0.2) is 0 Å². The van der Waals surface area contributed by atoms with E-state index >= 15 is 0 Å². The highest BCUT2D eigenvalue weighted by Crippen LogP contribution is 2.36. The van der Waals surface area contributed by atoms with Crippen LogP contribution in [0.1, 0.15) is 30.5 Å². The molecule has 2 aromatic carbocycles. The Balaban J connectivity index is 2.02. The predicted octanol–water partition coefficient (Wildman–Crippen LogP) is 4.38. The monoisotopic (exact) mass is 350 g/mol. The fourth-order valence-electron chi connectivity index (χ4n) is 2.95. The zero-order valence-electron chi connectivity index (χ0n) is 14.6. The van der Waals surface area contributed by atoms with Crippen molar-refractivity contribution in [3.8, 4) is 17.6 Å². The zero-order chi connectivity index (χ0) is 18.7. The van der Waals surface area contributed by atoms with Gasteiger partial charge in [-0.1, -0.05) is 0 Å². The summed E-state index contributed by atoms with van der Waals surface area (Å²) in [7, 11) is 0. The molecule has 0 aromatic heterocycles. The number of ether oxygens (including phenoxy) is 2. The third-order valence-electron chi connectivity index (χ3n) is 4.14. The normalized spacial score (nSPS) is 15.7. The molecule has 1 aliphatic rings. The average molecular weight is 350 g/mol. The van der Waals surface area contributed by atoms with Crippen LogP contribution in [0.4, 0.5) is 5.69 Å². The first-order valence-corrected chi connectivity index (χ1v) is 8.34. The average Bonchev–Trinajstić information content (AvgIpc) is 2.98. The molecule has 0 amide bonds. The standard InChI is InChI=1S/C20H18N2O4/c1-3-25-19-10-15-8-13(2)26-20(15)11-16(19)9-17(12-21)14-4-6-18(7-5-14)22(23)24/h4-7,9-11,13H,3,8H2,1-2H3/b17-9+/t13-/m0/s1. The van der Waals surface area contributed by atoms with Crippen molar-refractivity contribution in [2.24, 2.45) is 0 Å². The predicted molar refractivity (Wildman–Crippen MR) is 98.0 cm³/mol. The Kier molecular flexibility index (Phi) is 4.90. The summed E-state index contributed by atoms with van der Waals surface area (Å²) in [5.41, 5.74) is 2.82. The fourth-order valence-corrected chi connectivity index (χ4v) is 2.95. The maximum absolute atomic E-state index is 10.8. The molecule has 0 bridgehead atoms. The molecule has 1 atom stereocenters. The van der Waals surface area contributed by atoms with Crippen molar-refractivity contribution in [2.75, 3.05) is 6.61 Å². The third kappa shape index (κ3) is 3.52. The van der Waals surface area contributed by atoms with E-state index in [0.29, 0.717) is 23.5 Å². The number of nitrogens with zero attached hydrogens (tertiary/aromatic N) is 2. The summed E-state index contributed by atoms with van der Waals surface area (Å²) in [6, 6.07) is 11.9. The van der Waals surface area contributed by atoms with E-state index in [4.69, 9.17) is 9.47 Å². The lowest BCUT2D eigenvalue weighted by atomic mass is 10.0. The van der Waals surface area contributed by atoms with Gasteiger partial charge < -0.3 is 9.47 Å². The lowest BCUT2D eigenvalue weighted by Crippen LogP contribution is -2.05. The Bertz CT molecular complexity index is 911. The second kappa shape index (κ2) is 7.28. The molecule has 0 spiro atoms. The molecule has 2 aromatic rings. The minimum atomic E-state index is -0.467. The molecule has 26 heavy (non-hydrogen) atoms. The summed E-state index contributed by atoms with van der Waals surface area (Å²) in [6.07, 6.45) is 2.66. The number of rotatable bonds is 5.